The Balaban J connectivity index is 1.93. The molecule has 1 saturated carbocycles. The molecule has 1 saturated heterocycles. The van der Waals surface area contributed by atoms with Gasteiger partial charge in [0.25, 0.3) is 0 Å². The fourth-order valence-corrected chi connectivity index (χ4v) is 6.58. The SMILES string of the molecule is COC[C@@]12CN(S(=O)(=O)c3ccccc3Cl)C[C@@H]1C(C)(C)C2. The van der Waals surface area contributed by atoms with E-state index in [4.69, 9.17) is 16.3 Å². The number of methoxy groups -OCH3 is 1. The molecule has 0 aromatic heterocycles. The molecule has 2 fully saturated rings. The maximum Gasteiger partial charge on any atom is 0.244 e. The number of hydrogen-bond acceptors (Lipinski definition) is 3. The first-order valence-electron chi connectivity index (χ1n) is 7.47. The molecule has 1 aromatic carbocycles. The normalized spacial score (nSPS) is 30.8. The maximum absolute atomic E-state index is 12.9. The van der Waals surface area contributed by atoms with Crippen LogP contribution >= 0.6 is 11.6 Å². The first-order chi connectivity index (χ1) is 10.2. The van der Waals surface area contributed by atoms with Gasteiger partial charge in [0, 0.05) is 25.6 Å². The Bertz CT molecular complexity index is 688. The van der Waals surface area contributed by atoms with Crippen LogP contribution in [0.2, 0.25) is 5.02 Å². The third-order valence-corrected chi connectivity index (χ3v) is 7.57. The molecule has 0 bridgehead atoms. The van der Waals surface area contributed by atoms with E-state index in [1.54, 1.807) is 35.7 Å². The Morgan fingerprint density at radius 3 is 2.64 bits per heavy atom. The van der Waals surface area contributed by atoms with Crippen LogP contribution in [0.4, 0.5) is 0 Å². The smallest absolute Gasteiger partial charge is 0.244 e. The molecule has 0 unspecified atom stereocenters. The van der Waals surface area contributed by atoms with Crippen LogP contribution in [0.3, 0.4) is 0 Å². The van der Waals surface area contributed by atoms with Gasteiger partial charge >= 0.3 is 0 Å². The van der Waals surface area contributed by atoms with E-state index in [0.29, 0.717) is 25.6 Å². The fourth-order valence-electron chi connectivity index (χ4n) is 4.54. The number of sulfonamides is 1. The Labute approximate surface area is 137 Å². The number of rotatable bonds is 4. The van der Waals surface area contributed by atoms with Crippen LogP contribution < -0.4 is 0 Å². The Morgan fingerprint density at radius 1 is 1.36 bits per heavy atom. The van der Waals surface area contributed by atoms with E-state index in [1.807, 2.05) is 0 Å². The summed E-state index contributed by atoms with van der Waals surface area (Å²) >= 11 is 6.10. The maximum atomic E-state index is 12.9. The number of ether oxygens (including phenoxy) is 1. The molecule has 3 rings (SSSR count). The lowest BCUT2D eigenvalue weighted by Crippen LogP contribution is -2.55. The van der Waals surface area contributed by atoms with Gasteiger partial charge in [0.15, 0.2) is 0 Å². The van der Waals surface area contributed by atoms with Gasteiger partial charge in [0.2, 0.25) is 10.0 Å². The van der Waals surface area contributed by atoms with Gasteiger partial charge in [0.05, 0.1) is 11.6 Å². The second kappa shape index (κ2) is 5.20. The van der Waals surface area contributed by atoms with Crippen molar-refractivity contribution in [3.05, 3.63) is 29.3 Å². The summed E-state index contributed by atoms with van der Waals surface area (Å²) in [5.74, 6) is 0.331. The van der Waals surface area contributed by atoms with Crippen LogP contribution in [-0.2, 0) is 14.8 Å². The van der Waals surface area contributed by atoms with Gasteiger partial charge < -0.3 is 4.74 Å². The molecule has 1 aromatic rings. The average molecular weight is 344 g/mol. The van der Waals surface area contributed by atoms with Crippen molar-refractivity contribution in [1.29, 1.82) is 0 Å². The monoisotopic (exact) mass is 343 g/mol. The number of fused-ring (bicyclic) bond motifs is 1. The van der Waals surface area contributed by atoms with Crippen molar-refractivity contribution >= 4 is 21.6 Å². The zero-order valence-corrected chi connectivity index (χ0v) is 14.7. The summed E-state index contributed by atoms with van der Waals surface area (Å²) in [6.07, 6.45) is 0.993. The molecule has 0 radical (unpaired) electrons. The zero-order valence-electron chi connectivity index (χ0n) is 13.2. The summed E-state index contributed by atoms with van der Waals surface area (Å²) < 4.78 is 32.8. The molecule has 6 heteroatoms. The minimum atomic E-state index is -3.56. The van der Waals surface area contributed by atoms with Crippen molar-refractivity contribution in [3.63, 3.8) is 0 Å². The van der Waals surface area contributed by atoms with Crippen LogP contribution in [0.25, 0.3) is 0 Å². The van der Waals surface area contributed by atoms with Gasteiger partial charge in [-0.25, -0.2) is 8.42 Å². The summed E-state index contributed by atoms with van der Waals surface area (Å²) in [4.78, 5) is 0.198. The highest BCUT2D eigenvalue weighted by molar-refractivity contribution is 7.89. The van der Waals surface area contributed by atoms with Crippen LogP contribution in [0.1, 0.15) is 20.3 Å². The van der Waals surface area contributed by atoms with E-state index in [1.165, 1.54) is 0 Å². The number of benzene rings is 1. The minimum absolute atomic E-state index is 0.0490. The fraction of sp³-hybridized carbons (Fsp3) is 0.625. The molecule has 122 valence electrons. The van der Waals surface area contributed by atoms with E-state index in [0.717, 1.165) is 6.42 Å². The molecular formula is C16H22ClNO3S. The van der Waals surface area contributed by atoms with Crippen LogP contribution in [0.15, 0.2) is 29.2 Å². The van der Waals surface area contributed by atoms with E-state index in [9.17, 15) is 8.42 Å². The minimum Gasteiger partial charge on any atom is -0.384 e. The quantitative estimate of drug-likeness (QED) is 0.844. The van der Waals surface area contributed by atoms with Crippen molar-refractivity contribution in [2.24, 2.45) is 16.7 Å². The average Bonchev–Trinajstić information content (AvgIpc) is 2.75. The first kappa shape index (κ1) is 16.2. The third-order valence-electron chi connectivity index (χ3n) is 5.25. The molecule has 1 aliphatic heterocycles. The van der Waals surface area contributed by atoms with Crippen molar-refractivity contribution in [1.82, 2.24) is 4.31 Å². The predicted molar refractivity (Wildman–Crippen MR) is 86.4 cm³/mol. The lowest BCUT2D eigenvalue weighted by molar-refractivity contribution is -0.106. The Hall–Kier alpha value is -0.620. The van der Waals surface area contributed by atoms with Crippen LogP contribution in [0, 0.1) is 16.7 Å². The van der Waals surface area contributed by atoms with E-state index >= 15 is 0 Å². The summed E-state index contributed by atoms with van der Waals surface area (Å²) in [7, 11) is -1.87. The zero-order chi connectivity index (χ0) is 16.2. The van der Waals surface area contributed by atoms with Gasteiger partial charge in [-0.2, -0.15) is 4.31 Å². The molecule has 0 spiro atoms. The first-order valence-corrected chi connectivity index (χ1v) is 9.28. The predicted octanol–water partition coefficient (Wildman–Crippen LogP) is 3.02. The van der Waals surface area contributed by atoms with Crippen molar-refractivity contribution in [2.75, 3.05) is 26.8 Å². The molecule has 0 N–H and O–H groups in total. The molecule has 2 atom stereocenters. The largest absolute Gasteiger partial charge is 0.384 e. The molecule has 1 aliphatic carbocycles. The Morgan fingerprint density at radius 2 is 2.05 bits per heavy atom. The highest BCUT2D eigenvalue weighted by atomic mass is 35.5. The van der Waals surface area contributed by atoms with Crippen molar-refractivity contribution in [3.8, 4) is 0 Å². The van der Waals surface area contributed by atoms with Gasteiger partial charge in [-0.3, -0.25) is 0 Å². The van der Waals surface area contributed by atoms with Gasteiger partial charge in [-0.05, 0) is 29.9 Å². The van der Waals surface area contributed by atoms with Crippen LogP contribution in [0.5, 0.6) is 0 Å². The van der Waals surface area contributed by atoms with Gasteiger partial charge in [0.1, 0.15) is 4.90 Å². The molecule has 0 amide bonds. The molecule has 1 heterocycles. The Kier molecular flexibility index (Phi) is 3.84. The van der Waals surface area contributed by atoms with E-state index < -0.39 is 10.0 Å². The standard InChI is InChI=1S/C16H22ClNO3S/c1-15(2)9-16(11-21-3)10-18(8-14(15)16)22(19,20)13-7-5-4-6-12(13)17/h4-7,14H,8-11H2,1-3H3/t14-,16-/m1/s1. The topological polar surface area (TPSA) is 46.6 Å². The van der Waals surface area contributed by atoms with Gasteiger partial charge in [-0.15, -0.1) is 0 Å². The second-order valence-electron chi connectivity index (χ2n) is 7.24. The second-order valence-corrected chi connectivity index (χ2v) is 9.55. The third kappa shape index (κ3) is 2.30. The van der Waals surface area contributed by atoms with E-state index in [2.05, 4.69) is 13.8 Å². The summed E-state index contributed by atoms with van der Waals surface area (Å²) in [5.41, 5.74) is 0.107. The van der Waals surface area contributed by atoms with Gasteiger partial charge in [-0.1, -0.05) is 37.6 Å². The number of hydrogen-bond donors (Lipinski definition) is 0. The highest BCUT2D eigenvalue weighted by Crippen LogP contribution is 2.63. The molecule has 22 heavy (non-hydrogen) atoms. The summed E-state index contributed by atoms with van der Waals surface area (Å²) in [6.45, 7) is 6.08. The lowest BCUT2D eigenvalue weighted by Gasteiger charge is -2.56. The molecular weight excluding hydrogens is 322 g/mol. The van der Waals surface area contributed by atoms with Crippen molar-refractivity contribution in [2.45, 2.75) is 25.2 Å². The molecule has 2 aliphatic rings. The molecule has 4 nitrogen and oxygen atoms in total. The number of nitrogens with zero attached hydrogens (tertiary/aromatic N) is 1. The number of halogens is 1. The summed E-state index contributed by atoms with van der Waals surface area (Å²) in [6, 6.07) is 6.64. The van der Waals surface area contributed by atoms with Crippen molar-refractivity contribution < 1.29 is 13.2 Å². The summed E-state index contributed by atoms with van der Waals surface area (Å²) in [5, 5.41) is 0.279. The van der Waals surface area contributed by atoms with E-state index in [-0.39, 0.29) is 20.7 Å². The lowest BCUT2D eigenvalue weighted by atomic mass is 9.48. The highest BCUT2D eigenvalue weighted by Gasteiger charge is 2.64. The van der Waals surface area contributed by atoms with Crippen LogP contribution in [-0.4, -0.2) is 39.5 Å².